The van der Waals surface area contributed by atoms with Crippen molar-refractivity contribution in [3.8, 4) is 16.8 Å². The minimum absolute atomic E-state index is 0.629. The smallest absolute Gasteiger partial charge is 0.0584 e. The molecule has 0 aliphatic heterocycles. The van der Waals surface area contributed by atoms with Crippen LogP contribution in [0.2, 0.25) is 0 Å². The highest BCUT2D eigenvalue weighted by atomic mass is 15.0. The van der Waals surface area contributed by atoms with Crippen LogP contribution in [0.1, 0.15) is 69.5 Å². The Morgan fingerprint density at radius 2 is 1.60 bits per heavy atom. The minimum Gasteiger partial charge on any atom is -0.313 e. The van der Waals surface area contributed by atoms with Crippen LogP contribution in [-0.4, -0.2) is 10.3 Å². The number of rotatable bonds is 5. The average molecular weight is 459 g/mol. The van der Waals surface area contributed by atoms with Crippen molar-refractivity contribution in [1.29, 1.82) is 5.41 Å². The third-order valence-electron chi connectivity index (χ3n) is 7.38. The number of benzene rings is 2. The zero-order chi connectivity index (χ0) is 24.5. The molecule has 0 radical (unpaired) electrons. The Balaban J connectivity index is 1.78. The van der Waals surface area contributed by atoms with Crippen LogP contribution in [0, 0.1) is 5.41 Å². The number of nitrogens with one attached hydrogen (secondary N) is 1. The summed E-state index contributed by atoms with van der Waals surface area (Å²) in [4.78, 5) is 0. The standard InChI is InChI=1S/C33H34N2/c1-22(2)23(3)33-32(24(4)34)30-21-28(26-14-9-6-10-15-26)18-19-31(30)35(33)29-17-11-16-27(20-29)25-12-7-5-8-13-25/h5-9,11-14,16-17,20-21,34H,10,15,18-19H2,1-4H3. The molecule has 5 rings (SSSR count). The molecule has 2 heteroatoms. The second kappa shape index (κ2) is 9.54. The Hall–Kier alpha value is -3.65. The van der Waals surface area contributed by atoms with E-state index in [1.165, 1.54) is 56.1 Å². The highest BCUT2D eigenvalue weighted by Crippen LogP contribution is 2.40. The summed E-state index contributed by atoms with van der Waals surface area (Å²) in [5.74, 6) is 0. The molecule has 0 spiro atoms. The fraction of sp³-hybridized carbons (Fsp3) is 0.242. The van der Waals surface area contributed by atoms with Crippen molar-refractivity contribution >= 4 is 17.4 Å². The molecule has 1 N–H and O–H groups in total. The number of aromatic nitrogens is 1. The van der Waals surface area contributed by atoms with E-state index in [2.05, 4.69) is 104 Å². The molecule has 2 aromatic carbocycles. The van der Waals surface area contributed by atoms with E-state index in [1.807, 2.05) is 6.92 Å². The largest absolute Gasteiger partial charge is 0.313 e. The molecule has 1 aromatic heterocycles. The molecule has 2 aliphatic rings. The highest BCUT2D eigenvalue weighted by Gasteiger charge is 2.28. The maximum absolute atomic E-state index is 8.82. The third-order valence-corrected chi connectivity index (χ3v) is 7.38. The van der Waals surface area contributed by atoms with Gasteiger partial charge in [-0.05, 0) is 99.4 Å². The van der Waals surface area contributed by atoms with E-state index >= 15 is 0 Å². The molecule has 0 unspecified atom stereocenters. The van der Waals surface area contributed by atoms with Gasteiger partial charge in [-0.15, -0.1) is 0 Å². The molecule has 0 saturated carbocycles. The van der Waals surface area contributed by atoms with Gasteiger partial charge in [0.25, 0.3) is 0 Å². The Morgan fingerprint density at radius 1 is 0.829 bits per heavy atom. The van der Waals surface area contributed by atoms with E-state index < -0.39 is 0 Å². The number of nitrogens with zero attached hydrogens (tertiary/aromatic N) is 1. The van der Waals surface area contributed by atoms with Gasteiger partial charge in [0.15, 0.2) is 0 Å². The number of fused-ring (bicyclic) bond motifs is 1. The summed E-state index contributed by atoms with van der Waals surface area (Å²) in [5, 5.41) is 8.82. The summed E-state index contributed by atoms with van der Waals surface area (Å²) in [6, 6.07) is 19.4. The monoisotopic (exact) mass is 458 g/mol. The Morgan fingerprint density at radius 3 is 2.29 bits per heavy atom. The first-order valence-electron chi connectivity index (χ1n) is 12.7. The fourth-order valence-corrected chi connectivity index (χ4v) is 5.38. The van der Waals surface area contributed by atoms with Crippen molar-refractivity contribution in [2.75, 3.05) is 0 Å². The summed E-state index contributed by atoms with van der Waals surface area (Å²) in [6.45, 7) is 8.50. The topological polar surface area (TPSA) is 28.8 Å². The molecule has 0 bridgehead atoms. The molecular weight excluding hydrogens is 424 g/mol. The van der Waals surface area contributed by atoms with Crippen LogP contribution in [0.15, 0.2) is 89.5 Å². The van der Waals surface area contributed by atoms with Gasteiger partial charge >= 0.3 is 0 Å². The van der Waals surface area contributed by atoms with Crippen LogP contribution in [0.4, 0.5) is 0 Å². The molecule has 0 saturated heterocycles. The molecule has 2 aliphatic carbocycles. The summed E-state index contributed by atoms with van der Waals surface area (Å²) < 4.78 is 2.44. The van der Waals surface area contributed by atoms with Gasteiger partial charge in [0.05, 0.1) is 5.69 Å². The quantitative estimate of drug-likeness (QED) is 0.370. The third kappa shape index (κ3) is 4.30. The maximum atomic E-state index is 8.82. The molecular formula is C33H34N2. The second-order valence-corrected chi connectivity index (χ2v) is 9.91. The number of hydrogen-bond acceptors (Lipinski definition) is 1. The predicted molar refractivity (Wildman–Crippen MR) is 150 cm³/mol. The van der Waals surface area contributed by atoms with E-state index in [1.54, 1.807) is 0 Å². The van der Waals surface area contributed by atoms with E-state index in [0.29, 0.717) is 5.71 Å². The highest BCUT2D eigenvalue weighted by molar-refractivity contribution is 6.05. The van der Waals surface area contributed by atoms with Crippen LogP contribution in [-0.2, 0) is 6.42 Å². The maximum Gasteiger partial charge on any atom is 0.0584 e. The fourth-order valence-electron chi connectivity index (χ4n) is 5.38. The van der Waals surface area contributed by atoms with Crippen LogP contribution >= 0.6 is 0 Å². The van der Waals surface area contributed by atoms with Crippen LogP contribution in [0.25, 0.3) is 28.5 Å². The normalized spacial score (nSPS) is 14.7. The zero-order valence-corrected chi connectivity index (χ0v) is 21.3. The predicted octanol–water partition coefficient (Wildman–Crippen LogP) is 8.95. The number of allylic oxidation sites excluding steroid dienone is 7. The van der Waals surface area contributed by atoms with Gasteiger partial charge in [-0.3, -0.25) is 0 Å². The first kappa shape index (κ1) is 23.1. The lowest BCUT2D eigenvalue weighted by molar-refractivity contribution is 0.828. The summed E-state index contributed by atoms with van der Waals surface area (Å²) >= 11 is 0. The number of hydrogen-bond donors (Lipinski definition) is 1. The van der Waals surface area contributed by atoms with Crippen molar-refractivity contribution < 1.29 is 0 Å². The molecule has 0 fully saturated rings. The van der Waals surface area contributed by atoms with Crippen LogP contribution in [0.3, 0.4) is 0 Å². The van der Waals surface area contributed by atoms with Crippen molar-refractivity contribution in [2.45, 2.75) is 53.4 Å². The second-order valence-electron chi connectivity index (χ2n) is 9.91. The van der Waals surface area contributed by atoms with E-state index in [9.17, 15) is 0 Å². The van der Waals surface area contributed by atoms with Gasteiger partial charge in [0.2, 0.25) is 0 Å². The van der Waals surface area contributed by atoms with Crippen LogP contribution < -0.4 is 0 Å². The van der Waals surface area contributed by atoms with Gasteiger partial charge < -0.3 is 9.98 Å². The van der Waals surface area contributed by atoms with E-state index in [0.717, 1.165) is 31.2 Å². The Labute approximate surface area is 209 Å². The average Bonchev–Trinajstić information content (AvgIpc) is 3.24. The van der Waals surface area contributed by atoms with Gasteiger partial charge in [-0.1, -0.05) is 66.3 Å². The zero-order valence-electron chi connectivity index (χ0n) is 21.3. The summed E-state index contributed by atoms with van der Waals surface area (Å²) in [6.07, 6.45) is 13.3. The first-order chi connectivity index (χ1) is 17.0. The molecule has 0 atom stereocenters. The molecule has 35 heavy (non-hydrogen) atoms. The van der Waals surface area contributed by atoms with Gasteiger partial charge in [0.1, 0.15) is 0 Å². The lowest BCUT2D eigenvalue weighted by Gasteiger charge is -2.21. The summed E-state index contributed by atoms with van der Waals surface area (Å²) in [5.41, 5.74) is 14.4. The van der Waals surface area contributed by atoms with Crippen molar-refractivity contribution in [3.63, 3.8) is 0 Å². The summed E-state index contributed by atoms with van der Waals surface area (Å²) in [7, 11) is 0. The molecule has 0 amide bonds. The molecule has 1 heterocycles. The molecule has 2 nitrogen and oxygen atoms in total. The molecule has 3 aromatic rings. The molecule has 176 valence electrons. The first-order valence-corrected chi connectivity index (χ1v) is 12.7. The SMILES string of the molecule is CC(=N)c1c2c(n(-c3cccc(-c4ccccc4)c3)c1C(C)=C(C)C)CCC(C1=CC=CCC1)=C2. The van der Waals surface area contributed by atoms with E-state index in [-0.39, 0.29) is 0 Å². The van der Waals surface area contributed by atoms with Crippen LogP contribution in [0.5, 0.6) is 0 Å². The van der Waals surface area contributed by atoms with Crippen molar-refractivity contribution in [1.82, 2.24) is 4.57 Å². The van der Waals surface area contributed by atoms with Gasteiger partial charge in [-0.2, -0.15) is 0 Å². The Bertz CT molecular complexity index is 1420. The van der Waals surface area contributed by atoms with Crippen molar-refractivity contribution in [3.05, 3.63) is 112 Å². The van der Waals surface area contributed by atoms with Crippen molar-refractivity contribution in [2.24, 2.45) is 0 Å². The Kier molecular flexibility index (Phi) is 6.30. The lowest BCUT2D eigenvalue weighted by atomic mass is 9.86. The van der Waals surface area contributed by atoms with Gasteiger partial charge in [0, 0.05) is 28.2 Å². The minimum atomic E-state index is 0.629. The van der Waals surface area contributed by atoms with E-state index in [4.69, 9.17) is 5.41 Å². The lowest BCUT2D eigenvalue weighted by Crippen LogP contribution is -2.08. The van der Waals surface area contributed by atoms with Gasteiger partial charge in [-0.25, -0.2) is 0 Å².